The average molecular weight is 1240 g/mol. The molecular weight excluding hydrogens is 1110 g/mol. The third-order valence-electron chi connectivity index (χ3n) is 18.0. The van der Waals surface area contributed by atoms with Crippen LogP contribution < -0.4 is 0 Å². The number of rotatable bonds is 54. The Labute approximate surface area is 555 Å². The molecule has 480 valence electrons. The second-order valence-electron chi connectivity index (χ2n) is 25.7. The van der Waals surface area contributed by atoms with Crippen molar-refractivity contribution in [3.8, 4) is 0 Å². The Kier molecular flexibility index (Phi) is 48.8. The van der Waals surface area contributed by atoms with Crippen LogP contribution in [0.15, 0.2) is 70.5 Å². The summed E-state index contributed by atoms with van der Waals surface area (Å²) in [6.45, 7) is 9.06. The van der Waals surface area contributed by atoms with Crippen LogP contribution in [0.25, 0.3) is 21.5 Å². The predicted molar refractivity (Wildman–Crippen MR) is 369 cm³/mol. The van der Waals surface area contributed by atoms with Crippen molar-refractivity contribution in [3.63, 3.8) is 0 Å². The normalized spacial score (nSPS) is 11.8. The molecule has 0 spiro atoms. The van der Waals surface area contributed by atoms with Crippen LogP contribution in [0.5, 0.6) is 0 Å². The van der Waals surface area contributed by atoms with E-state index in [0.717, 1.165) is 72.9 Å². The Morgan fingerprint density at radius 1 is 0.259 bits per heavy atom. The molecular formula is C76H126CaO6S2. The van der Waals surface area contributed by atoms with Gasteiger partial charge in [0.15, 0.2) is 0 Å². The number of hydrogen-bond donors (Lipinski definition) is 0. The molecule has 6 nitrogen and oxygen atoms in total. The molecule has 0 radical (unpaired) electrons. The smallest absolute Gasteiger partial charge is 0.744 e. The largest absolute Gasteiger partial charge is 2.00 e. The van der Waals surface area contributed by atoms with Crippen LogP contribution in [0.4, 0.5) is 0 Å². The molecule has 0 atom stereocenters. The maximum absolute atomic E-state index is 12.2. The Bertz CT molecular complexity index is 2300. The predicted octanol–water partition coefficient (Wildman–Crippen LogP) is 24.1. The van der Waals surface area contributed by atoms with Gasteiger partial charge in [0.05, 0.1) is 9.79 Å². The summed E-state index contributed by atoms with van der Waals surface area (Å²) < 4.78 is 73.5. The van der Waals surface area contributed by atoms with Gasteiger partial charge in [-0.25, -0.2) is 16.8 Å². The molecule has 0 bridgehead atoms. The standard InChI is InChI=1S/2C38H64O3S.Ca/c2*1-3-5-7-9-11-13-15-17-19-21-23-25-28-34-30-27-31-35-32-36(38(33-37(34)35)42(39,40)41)29-26-24-22-20-18-16-14-12-10-8-6-4-2;/h2*27,30-33H,3-26,28-29H2,1-2H3,(H,39,40,41);/q;;+2/p-2. The van der Waals surface area contributed by atoms with E-state index >= 15 is 0 Å². The molecule has 4 rings (SSSR count). The van der Waals surface area contributed by atoms with E-state index in [-0.39, 0.29) is 47.5 Å². The summed E-state index contributed by atoms with van der Waals surface area (Å²) in [5, 5.41) is 4.00. The molecule has 0 aliphatic rings. The van der Waals surface area contributed by atoms with Crippen LogP contribution in [-0.4, -0.2) is 63.7 Å². The van der Waals surface area contributed by atoms with Gasteiger partial charge in [-0.05, 0) is 119 Å². The van der Waals surface area contributed by atoms with Crippen LogP contribution in [0.2, 0.25) is 0 Å². The van der Waals surface area contributed by atoms with Crippen LogP contribution in [0.3, 0.4) is 0 Å². The molecule has 4 aromatic carbocycles. The Hall–Kier alpha value is -1.52. The van der Waals surface area contributed by atoms with Gasteiger partial charge in [-0.1, -0.05) is 347 Å². The van der Waals surface area contributed by atoms with Gasteiger partial charge in [0.25, 0.3) is 0 Å². The van der Waals surface area contributed by atoms with Gasteiger partial charge < -0.3 is 9.11 Å². The van der Waals surface area contributed by atoms with E-state index in [9.17, 15) is 25.9 Å². The molecule has 0 saturated heterocycles. The van der Waals surface area contributed by atoms with Crippen LogP contribution in [0, 0.1) is 0 Å². The first-order valence-corrected chi connectivity index (χ1v) is 38.8. The fourth-order valence-corrected chi connectivity index (χ4v) is 14.2. The quantitative estimate of drug-likeness (QED) is 0.0247. The molecule has 0 amide bonds. The fourth-order valence-electron chi connectivity index (χ4n) is 12.8. The van der Waals surface area contributed by atoms with Crippen molar-refractivity contribution >= 4 is 79.5 Å². The zero-order valence-corrected chi connectivity index (χ0v) is 59.4. The average Bonchev–Trinajstić information content (AvgIpc) is 1.73. The summed E-state index contributed by atoms with van der Waals surface area (Å²) in [5.74, 6) is 0. The van der Waals surface area contributed by atoms with Crippen LogP contribution >= 0.6 is 0 Å². The van der Waals surface area contributed by atoms with Gasteiger partial charge >= 0.3 is 37.7 Å². The summed E-state index contributed by atoms with van der Waals surface area (Å²) >= 11 is 0. The van der Waals surface area contributed by atoms with E-state index in [0.29, 0.717) is 24.0 Å². The summed E-state index contributed by atoms with van der Waals surface area (Å²) in [7, 11) is -9.01. The van der Waals surface area contributed by atoms with E-state index in [1.807, 2.05) is 12.1 Å². The van der Waals surface area contributed by atoms with Gasteiger partial charge in [0.1, 0.15) is 20.2 Å². The first-order chi connectivity index (χ1) is 40.9. The maximum Gasteiger partial charge on any atom is 2.00 e. The Balaban J connectivity index is 0.000000573. The van der Waals surface area contributed by atoms with E-state index in [1.54, 1.807) is 12.1 Å². The molecule has 0 N–H and O–H groups in total. The van der Waals surface area contributed by atoms with Crippen LogP contribution in [-0.2, 0) is 45.9 Å². The van der Waals surface area contributed by atoms with Gasteiger partial charge in [0.2, 0.25) is 0 Å². The maximum atomic E-state index is 12.2. The molecule has 0 aromatic heterocycles. The van der Waals surface area contributed by atoms with Crippen molar-refractivity contribution in [2.75, 3.05) is 0 Å². The third kappa shape index (κ3) is 38.1. The zero-order chi connectivity index (χ0) is 60.6. The van der Waals surface area contributed by atoms with Crippen molar-refractivity contribution in [2.45, 2.75) is 371 Å². The minimum atomic E-state index is -4.51. The summed E-state index contributed by atoms with van der Waals surface area (Å²) in [6.07, 6.45) is 65.4. The van der Waals surface area contributed by atoms with Crippen molar-refractivity contribution < 1.29 is 25.9 Å². The van der Waals surface area contributed by atoms with E-state index < -0.39 is 20.2 Å². The first kappa shape index (κ1) is 79.6. The number of unbranched alkanes of at least 4 members (excludes halogenated alkanes) is 44. The molecule has 0 heterocycles. The van der Waals surface area contributed by atoms with Gasteiger partial charge in [0, 0.05) is 0 Å². The van der Waals surface area contributed by atoms with Gasteiger partial charge in [-0.3, -0.25) is 0 Å². The number of aryl methyl sites for hydroxylation is 4. The first-order valence-electron chi connectivity index (χ1n) is 35.9. The number of benzene rings is 4. The molecule has 0 aliphatic heterocycles. The van der Waals surface area contributed by atoms with Crippen molar-refractivity contribution in [1.82, 2.24) is 0 Å². The van der Waals surface area contributed by atoms with Crippen molar-refractivity contribution in [3.05, 3.63) is 82.9 Å². The number of fused-ring (bicyclic) bond motifs is 2. The minimum Gasteiger partial charge on any atom is -0.744 e. The second kappa shape index (κ2) is 52.1. The zero-order valence-electron chi connectivity index (χ0n) is 55.5. The minimum absolute atomic E-state index is 0. The van der Waals surface area contributed by atoms with Crippen molar-refractivity contribution in [2.24, 2.45) is 0 Å². The topological polar surface area (TPSA) is 114 Å². The van der Waals surface area contributed by atoms with Crippen LogP contribution in [0.1, 0.15) is 358 Å². The monoisotopic (exact) mass is 1240 g/mol. The summed E-state index contributed by atoms with van der Waals surface area (Å²) in [4.78, 5) is 0.000402. The Morgan fingerprint density at radius 2 is 0.447 bits per heavy atom. The molecule has 0 unspecified atom stereocenters. The third-order valence-corrected chi connectivity index (χ3v) is 19.9. The molecule has 85 heavy (non-hydrogen) atoms. The van der Waals surface area contributed by atoms with E-state index in [4.69, 9.17) is 0 Å². The van der Waals surface area contributed by atoms with Gasteiger partial charge in [-0.2, -0.15) is 0 Å². The van der Waals surface area contributed by atoms with Gasteiger partial charge in [-0.15, -0.1) is 0 Å². The summed E-state index contributed by atoms with van der Waals surface area (Å²) in [6, 6.07) is 19.8. The molecule has 4 aromatic rings. The molecule has 0 saturated carbocycles. The molecule has 0 fully saturated rings. The van der Waals surface area contributed by atoms with Crippen molar-refractivity contribution in [1.29, 1.82) is 0 Å². The number of hydrogen-bond acceptors (Lipinski definition) is 6. The van der Waals surface area contributed by atoms with E-state index in [1.165, 1.54) is 281 Å². The molecule has 9 heteroatoms. The Morgan fingerprint density at radius 3 is 0.647 bits per heavy atom. The SMILES string of the molecule is CCCCCCCCCCCCCCc1cc2cccc(CCCCCCCCCCCCCC)c2cc1S(=O)(=O)[O-].CCCCCCCCCCCCCCc1cc2cccc(CCCCCCCCCCCCCC)c2cc1S(=O)(=O)[O-].[Ca+2]. The second-order valence-corrected chi connectivity index (χ2v) is 28.4. The fraction of sp³-hybridized carbons (Fsp3) is 0.737. The molecule has 0 aliphatic carbocycles. The summed E-state index contributed by atoms with van der Waals surface area (Å²) in [5.41, 5.74) is 3.74. The van der Waals surface area contributed by atoms with E-state index in [2.05, 4.69) is 64.1 Å².